The lowest BCUT2D eigenvalue weighted by Gasteiger charge is -2.23. The molecule has 210 valence electrons. The number of halogens is 4. The summed E-state index contributed by atoms with van der Waals surface area (Å²) in [6.45, 7) is 8.04. The molecule has 2 N–H and O–H groups in total. The number of alkyl halides is 3. The number of hydrogen-bond acceptors (Lipinski definition) is 3. The Morgan fingerprint density at radius 1 is 1.00 bits per heavy atom. The first-order valence-electron chi connectivity index (χ1n) is 12.7. The van der Waals surface area contributed by atoms with Crippen LogP contribution in [0.15, 0.2) is 54.6 Å². The first-order valence-corrected chi connectivity index (χ1v) is 13.1. The summed E-state index contributed by atoms with van der Waals surface area (Å²) >= 11 is 6.40. The predicted octanol–water partition coefficient (Wildman–Crippen LogP) is 7.50. The van der Waals surface area contributed by atoms with E-state index in [2.05, 4.69) is 15.7 Å². The van der Waals surface area contributed by atoms with Gasteiger partial charge in [0.05, 0.1) is 22.0 Å². The van der Waals surface area contributed by atoms with Crippen molar-refractivity contribution >= 4 is 35.0 Å². The van der Waals surface area contributed by atoms with E-state index in [0.717, 1.165) is 30.7 Å². The average molecular weight is 564 g/mol. The molecule has 0 atom stereocenters. The number of hydrogen-bond donors (Lipinski definition) is 2. The first-order chi connectivity index (χ1) is 18.3. The largest absolute Gasteiger partial charge is 0.416 e. The van der Waals surface area contributed by atoms with E-state index in [9.17, 15) is 22.8 Å². The van der Waals surface area contributed by atoms with Crippen molar-refractivity contribution in [3.05, 3.63) is 70.9 Å². The van der Waals surface area contributed by atoms with Gasteiger partial charge >= 0.3 is 12.2 Å². The molecule has 0 saturated carbocycles. The summed E-state index contributed by atoms with van der Waals surface area (Å²) in [4.78, 5) is 27.5. The molecule has 1 aromatic heterocycles. The van der Waals surface area contributed by atoms with Crippen LogP contribution >= 0.6 is 11.6 Å². The van der Waals surface area contributed by atoms with Crippen molar-refractivity contribution in [1.82, 2.24) is 14.7 Å². The van der Waals surface area contributed by atoms with E-state index in [1.54, 1.807) is 28.9 Å². The molecule has 0 fully saturated rings. The first kappa shape index (κ1) is 30.0. The number of aromatic nitrogens is 2. The van der Waals surface area contributed by atoms with E-state index in [1.807, 2.05) is 33.8 Å². The third-order valence-electron chi connectivity index (χ3n) is 5.94. The zero-order chi connectivity index (χ0) is 28.8. The second-order valence-electron chi connectivity index (χ2n) is 10.2. The van der Waals surface area contributed by atoms with Crippen LogP contribution in [0.5, 0.6) is 0 Å². The molecular formula is C28H33ClF3N5O2. The molecule has 3 rings (SSSR count). The number of urea groups is 1. The molecule has 0 aliphatic rings. The fourth-order valence-electron chi connectivity index (χ4n) is 3.75. The maximum Gasteiger partial charge on any atom is 0.416 e. The van der Waals surface area contributed by atoms with Crippen LogP contribution in [0.4, 0.5) is 29.5 Å². The second kappa shape index (κ2) is 12.5. The van der Waals surface area contributed by atoms with Crippen LogP contribution in [0.1, 0.15) is 58.2 Å². The van der Waals surface area contributed by atoms with E-state index in [0.29, 0.717) is 29.5 Å². The highest BCUT2D eigenvalue weighted by molar-refractivity contribution is 6.32. The molecular weight excluding hydrogens is 531 g/mol. The second-order valence-corrected chi connectivity index (χ2v) is 10.6. The Balaban J connectivity index is 1.80. The zero-order valence-corrected chi connectivity index (χ0v) is 23.2. The molecule has 0 aliphatic carbocycles. The minimum Gasteiger partial charge on any atom is -0.315 e. The number of carbonyl (C=O) groups is 2. The zero-order valence-electron chi connectivity index (χ0n) is 22.4. The lowest BCUT2D eigenvalue weighted by atomic mass is 9.92. The lowest BCUT2D eigenvalue weighted by Crippen LogP contribution is -2.41. The summed E-state index contributed by atoms with van der Waals surface area (Å²) in [5, 5.41) is 10.6. The van der Waals surface area contributed by atoms with Gasteiger partial charge in [-0.2, -0.15) is 18.3 Å². The number of para-hydroxylation sites is 1. The number of nitrogens with one attached hydrogen (secondary N) is 2. The van der Waals surface area contributed by atoms with Gasteiger partial charge in [-0.05, 0) is 42.8 Å². The summed E-state index contributed by atoms with van der Waals surface area (Å²) in [7, 11) is 0. The van der Waals surface area contributed by atoms with Gasteiger partial charge in [0.1, 0.15) is 12.4 Å². The number of anilines is 2. The minimum atomic E-state index is -4.48. The van der Waals surface area contributed by atoms with Crippen molar-refractivity contribution in [2.24, 2.45) is 0 Å². The molecule has 0 radical (unpaired) electrons. The van der Waals surface area contributed by atoms with Crippen LogP contribution in [0, 0.1) is 0 Å². The van der Waals surface area contributed by atoms with E-state index < -0.39 is 23.7 Å². The molecule has 0 bridgehead atoms. The van der Waals surface area contributed by atoms with Gasteiger partial charge in [-0.25, -0.2) is 9.48 Å². The van der Waals surface area contributed by atoms with E-state index in [-0.39, 0.29) is 17.6 Å². The van der Waals surface area contributed by atoms with Crippen molar-refractivity contribution in [1.29, 1.82) is 0 Å². The number of amides is 3. The van der Waals surface area contributed by atoms with Gasteiger partial charge in [-0.3, -0.25) is 4.79 Å². The maximum atomic E-state index is 13.2. The minimum absolute atomic E-state index is 0.195. The molecule has 3 aromatic rings. The van der Waals surface area contributed by atoms with Gasteiger partial charge in [0.15, 0.2) is 0 Å². The molecule has 39 heavy (non-hydrogen) atoms. The van der Waals surface area contributed by atoms with Crippen LogP contribution in [-0.2, 0) is 16.4 Å². The molecule has 3 amide bonds. The van der Waals surface area contributed by atoms with Crippen molar-refractivity contribution in [2.45, 2.75) is 58.5 Å². The SMILES string of the molecule is CCCCCN(CC(=O)Nc1cc(C(C)(C)C)nn1-c1ccccc1Cl)C(=O)Nc1ccc(C(F)(F)F)cc1. The summed E-state index contributed by atoms with van der Waals surface area (Å²) < 4.78 is 40.2. The third kappa shape index (κ3) is 8.23. The topological polar surface area (TPSA) is 79.3 Å². The summed E-state index contributed by atoms with van der Waals surface area (Å²) in [5.74, 6) is -0.0580. The van der Waals surface area contributed by atoms with E-state index in [4.69, 9.17) is 11.6 Å². The van der Waals surface area contributed by atoms with Crippen LogP contribution in [0.25, 0.3) is 5.69 Å². The molecule has 1 heterocycles. The molecule has 2 aromatic carbocycles. The molecule has 0 aliphatic heterocycles. The van der Waals surface area contributed by atoms with Crippen molar-refractivity contribution in [3.63, 3.8) is 0 Å². The molecule has 7 nitrogen and oxygen atoms in total. The standard InChI is InChI=1S/C28H33ClF3N5O2/c1-5-6-9-16-36(26(39)33-20-14-12-19(13-15-20)28(30,31)32)18-25(38)34-24-17-23(27(2,3)4)35-37(24)22-11-8-7-10-21(22)29/h7-8,10-15,17H,5-6,9,16,18H2,1-4H3,(H,33,39)(H,34,38). The van der Waals surface area contributed by atoms with Crippen molar-refractivity contribution in [2.75, 3.05) is 23.7 Å². The maximum absolute atomic E-state index is 13.2. The Kier molecular flexibility index (Phi) is 9.66. The Bertz CT molecular complexity index is 1280. The highest BCUT2D eigenvalue weighted by atomic mass is 35.5. The van der Waals surface area contributed by atoms with Gasteiger partial charge in [-0.1, -0.05) is 64.3 Å². The Morgan fingerprint density at radius 2 is 1.67 bits per heavy atom. The van der Waals surface area contributed by atoms with Crippen LogP contribution < -0.4 is 10.6 Å². The smallest absolute Gasteiger partial charge is 0.315 e. The van der Waals surface area contributed by atoms with Crippen LogP contribution in [0.3, 0.4) is 0 Å². The summed E-state index contributed by atoms with van der Waals surface area (Å²) in [6.07, 6.45) is -2.06. The van der Waals surface area contributed by atoms with Crippen LogP contribution in [-0.4, -0.2) is 39.7 Å². The summed E-state index contributed by atoms with van der Waals surface area (Å²) in [5.41, 5.74) is 0.395. The fourth-order valence-corrected chi connectivity index (χ4v) is 3.97. The summed E-state index contributed by atoms with van der Waals surface area (Å²) in [6, 6.07) is 12.4. The Labute approximate surface area is 231 Å². The molecule has 0 unspecified atom stereocenters. The Morgan fingerprint density at radius 3 is 2.26 bits per heavy atom. The average Bonchev–Trinajstić information content (AvgIpc) is 3.27. The van der Waals surface area contributed by atoms with Crippen molar-refractivity contribution < 1.29 is 22.8 Å². The van der Waals surface area contributed by atoms with Gasteiger partial charge in [0.2, 0.25) is 5.91 Å². The van der Waals surface area contributed by atoms with E-state index >= 15 is 0 Å². The van der Waals surface area contributed by atoms with Gasteiger partial charge < -0.3 is 15.5 Å². The highest BCUT2D eigenvalue weighted by Gasteiger charge is 2.30. The molecule has 0 saturated heterocycles. The number of benzene rings is 2. The highest BCUT2D eigenvalue weighted by Crippen LogP contribution is 2.30. The number of nitrogens with zero attached hydrogens (tertiary/aromatic N) is 3. The normalized spacial score (nSPS) is 11.8. The fraction of sp³-hybridized carbons (Fsp3) is 0.393. The van der Waals surface area contributed by atoms with Gasteiger partial charge in [0.25, 0.3) is 0 Å². The lowest BCUT2D eigenvalue weighted by molar-refractivity contribution is -0.137. The van der Waals surface area contributed by atoms with E-state index in [1.165, 1.54) is 17.0 Å². The molecule has 0 spiro atoms. The van der Waals surface area contributed by atoms with Crippen LogP contribution in [0.2, 0.25) is 5.02 Å². The quantitative estimate of drug-likeness (QED) is 0.264. The molecule has 11 heteroatoms. The number of rotatable bonds is 9. The van der Waals surface area contributed by atoms with Gasteiger partial charge in [0, 0.05) is 23.7 Å². The van der Waals surface area contributed by atoms with Gasteiger partial charge in [-0.15, -0.1) is 0 Å². The van der Waals surface area contributed by atoms with Crippen molar-refractivity contribution in [3.8, 4) is 5.69 Å². The monoisotopic (exact) mass is 563 g/mol. The predicted molar refractivity (Wildman–Crippen MR) is 147 cm³/mol. The third-order valence-corrected chi connectivity index (χ3v) is 6.26. The Hall–Kier alpha value is -3.53. The number of carbonyl (C=O) groups excluding carboxylic acids is 2. The number of unbranched alkanes of at least 4 members (excludes halogenated alkanes) is 2.